The van der Waals surface area contributed by atoms with E-state index in [9.17, 15) is 36.6 Å². The van der Waals surface area contributed by atoms with Crippen molar-refractivity contribution in [3.05, 3.63) is 140 Å². The lowest BCUT2D eigenvalue weighted by Gasteiger charge is -2.30. The van der Waals surface area contributed by atoms with Gasteiger partial charge in [0.2, 0.25) is 0 Å². The third kappa shape index (κ3) is 10.9. The fourth-order valence-electron chi connectivity index (χ4n) is 7.67. The van der Waals surface area contributed by atoms with Crippen molar-refractivity contribution in [2.75, 3.05) is 24.7 Å². The Bertz CT molecular complexity index is 2720. The molecule has 0 unspecified atom stereocenters. The number of fused-ring (bicyclic) bond motifs is 2. The number of aromatic nitrogens is 2. The molecule has 4 atom stereocenters. The highest BCUT2D eigenvalue weighted by molar-refractivity contribution is 7.93. The molecular weight excluding hydrogens is 917 g/mol. The lowest BCUT2D eigenvalue weighted by atomic mass is 9.88. The third-order valence-corrected chi connectivity index (χ3v) is 18.2. The Morgan fingerprint density at radius 2 is 0.985 bits per heavy atom. The number of sulfone groups is 2. The topological polar surface area (TPSA) is 187 Å². The van der Waals surface area contributed by atoms with Crippen LogP contribution in [0.25, 0.3) is 22.3 Å². The zero-order chi connectivity index (χ0) is 47.6. The fourth-order valence-corrected chi connectivity index (χ4v) is 10.7. The van der Waals surface area contributed by atoms with Crippen LogP contribution in [-0.4, -0.2) is 82.8 Å². The molecule has 0 spiro atoms. The lowest BCUT2D eigenvalue weighted by molar-refractivity contribution is 0.0502. The number of aliphatic hydroxyl groups excluding tert-OH is 2. The van der Waals surface area contributed by atoms with Crippen LogP contribution in [0.4, 0.5) is 0 Å². The molecule has 4 heterocycles. The largest absolute Gasteiger partial charge is 0.493 e. The number of hydrogen-bond acceptors (Lipinski definition) is 14. The molecule has 2 N–H and O–H groups in total. The van der Waals surface area contributed by atoms with E-state index in [-0.39, 0.29) is 11.8 Å². The van der Waals surface area contributed by atoms with Gasteiger partial charge in [0.25, 0.3) is 0 Å². The maximum Gasteiger partial charge on any atom is 0.178 e. The van der Waals surface area contributed by atoms with Gasteiger partial charge in [-0.25, -0.2) is 26.8 Å². The van der Waals surface area contributed by atoms with Crippen LogP contribution in [0.3, 0.4) is 0 Å². The minimum atomic E-state index is -3.61. The van der Waals surface area contributed by atoms with Crippen molar-refractivity contribution in [3.63, 3.8) is 0 Å². The van der Waals surface area contributed by atoms with Gasteiger partial charge in [-0.15, -0.1) is 22.7 Å². The molecule has 4 aromatic carbocycles. The fraction of sp³-hybridized carbons (Fsp3) is 0.360. The van der Waals surface area contributed by atoms with E-state index in [4.69, 9.17) is 9.47 Å². The molecule has 348 valence electrons. The summed E-state index contributed by atoms with van der Waals surface area (Å²) < 4.78 is 60.3. The zero-order valence-electron chi connectivity index (χ0n) is 37.6. The standard InChI is InChI=1S/2C25H27NO5S2/c2*1-25(2,3)33(29,30)14-22(27)20-7-5-4-6-19(20)16-8-9-21-23(11-16)31-12-17(24(21)28)10-18-13-32-15-26-18/h2*4-9,11,13,15,17,24,28H,10,12,14H2,1-3H3/t2*17-,24+/m10/s1. The Morgan fingerprint density at radius 3 is 1.33 bits per heavy atom. The molecule has 0 radical (unpaired) electrons. The molecule has 0 bridgehead atoms. The SMILES string of the molecule is CC(C)(C)S(=O)(=O)CC(=O)c1ccccc1-c1ccc2c(c1)OC[C@@H](Cc1cscn1)[C@@H]2O.CC(C)(C)S(=O)(=O)CC(=O)c1ccccc1-c1ccc2c(c1)OC[C@H](Cc1cscn1)[C@H]2O. The molecule has 2 aliphatic heterocycles. The highest BCUT2D eigenvalue weighted by Crippen LogP contribution is 2.42. The van der Waals surface area contributed by atoms with Crippen LogP contribution < -0.4 is 9.47 Å². The number of carbonyl (C=O) groups excluding carboxylic acids is 2. The van der Waals surface area contributed by atoms with Gasteiger partial charge in [-0.1, -0.05) is 72.8 Å². The van der Waals surface area contributed by atoms with Gasteiger partial charge in [0.1, 0.15) is 23.0 Å². The van der Waals surface area contributed by atoms with Crippen LogP contribution in [-0.2, 0) is 32.5 Å². The summed E-state index contributed by atoms with van der Waals surface area (Å²) in [7, 11) is -7.21. The Balaban J connectivity index is 0.000000196. The summed E-state index contributed by atoms with van der Waals surface area (Å²) in [6, 6.07) is 24.9. The number of Topliss-reactive ketones (excluding diaryl/α,β-unsaturated/α-hetero) is 2. The molecule has 0 saturated heterocycles. The molecule has 66 heavy (non-hydrogen) atoms. The number of benzene rings is 4. The summed E-state index contributed by atoms with van der Waals surface area (Å²) in [5, 5.41) is 25.7. The molecule has 2 aliphatic rings. The molecule has 12 nitrogen and oxygen atoms in total. The average molecular weight is 971 g/mol. The second-order valence-electron chi connectivity index (χ2n) is 18.6. The number of carbonyl (C=O) groups is 2. The quantitative estimate of drug-likeness (QED) is 0.111. The molecule has 0 saturated carbocycles. The first-order valence-electron chi connectivity index (χ1n) is 21.5. The number of ether oxygens (including phenoxy) is 2. The van der Waals surface area contributed by atoms with E-state index in [0.29, 0.717) is 70.9 Å². The first-order chi connectivity index (χ1) is 31.1. The van der Waals surface area contributed by atoms with E-state index in [1.807, 2.05) is 59.3 Å². The van der Waals surface area contributed by atoms with E-state index in [1.54, 1.807) is 89.0 Å². The molecule has 8 rings (SSSR count). The highest BCUT2D eigenvalue weighted by atomic mass is 32.2. The van der Waals surface area contributed by atoms with Gasteiger partial charge in [0.15, 0.2) is 31.2 Å². The number of ketones is 2. The van der Waals surface area contributed by atoms with E-state index < -0.39 is 64.4 Å². The van der Waals surface area contributed by atoms with Crippen molar-refractivity contribution >= 4 is 53.9 Å². The van der Waals surface area contributed by atoms with Gasteiger partial charge in [0, 0.05) is 44.8 Å². The third-order valence-electron chi connectivity index (χ3n) is 12.0. The normalized spacial score (nSPS) is 18.4. The maximum absolute atomic E-state index is 13.0. The molecule has 2 aromatic heterocycles. The van der Waals surface area contributed by atoms with Gasteiger partial charge < -0.3 is 19.7 Å². The number of rotatable bonds is 12. The highest BCUT2D eigenvalue weighted by Gasteiger charge is 2.35. The van der Waals surface area contributed by atoms with E-state index in [2.05, 4.69) is 9.97 Å². The van der Waals surface area contributed by atoms with Gasteiger partial charge in [0.05, 0.1) is 57.3 Å². The average Bonchev–Trinajstić information content (AvgIpc) is 4.00. The summed E-state index contributed by atoms with van der Waals surface area (Å²) in [6.07, 6.45) is -0.103. The van der Waals surface area contributed by atoms with Crippen LogP contribution in [0.5, 0.6) is 11.5 Å². The van der Waals surface area contributed by atoms with E-state index in [1.165, 1.54) is 22.7 Å². The summed E-state index contributed by atoms with van der Waals surface area (Å²) in [6.45, 7) is 10.3. The van der Waals surface area contributed by atoms with E-state index >= 15 is 0 Å². The monoisotopic (exact) mass is 970 g/mol. The van der Waals surface area contributed by atoms with Crippen molar-refractivity contribution < 1.29 is 46.1 Å². The summed E-state index contributed by atoms with van der Waals surface area (Å²) in [5.74, 6) is -1.04. The Hall–Kier alpha value is -5.10. The first kappa shape index (κ1) is 48.8. The van der Waals surface area contributed by atoms with Crippen LogP contribution >= 0.6 is 22.7 Å². The van der Waals surface area contributed by atoms with Crippen LogP contribution in [0, 0.1) is 11.8 Å². The van der Waals surface area contributed by atoms with Crippen LogP contribution in [0.15, 0.2) is 107 Å². The predicted molar refractivity (Wildman–Crippen MR) is 259 cm³/mol. The second-order valence-corrected chi connectivity index (χ2v) is 25.5. The number of nitrogens with zero attached hydrogens (tertiary/aromatic N) is 2. The molecule has 6 aromatic rings. The summed E-state index contributed by atoms with van der Waals surface area (Å²) in [5.41, 5.74) is 10.3. The van der Waals surface area contributed by atoms with Crippen molar-refractivity contribution in [1.29, 1.82) is 0 Å². The Labute approximate surface area is 394 Å². The lowest BCUT2D eigenvalue weighted by Crippen LogP contribution is -2.33. The summed E-state index contributed by atoms with van der Waals surface area (Å²) >= 11 is 3.05. The Kier molecular flexibility index (Phi) is 14.5. The number of thiazole rings is 2. The van der Waals surface area contributed by atoms with Crippen molar-refractivity contribution in [3.8, 4) is 33.8 Å². The molecule has 0 amide bonds. The first-order valence-corrected chi connectivity index (χ1v) is 26.7. The van der Waals surface area contributed by atoms with Gasteiger partial charge in [-0.05, 0) is 88.8 Å². The smallest absolute Gasteiger partial charge is 0.178 e. The molecular formula is C50H54N2O10S4. The minimum absolute atomic E-state index is 0.0954. The molecule has 0 aliphatic carbocycles. The summed E-state index contributed by atoms with van der Waals surface area (Å²) in [4.78, 5) is 34.6. The molecule has 0 fully saturated rings. The predicted octanol–water partition coefficient (Wildman–Crippen LogP) is 8.98. The van der Waals surface area contributed by atoms with Crippen LogP contribution in [0.2, 0.25) is 0 Å². The van der Waals surface area contributed by atoms with Gasteiger partial charge in [-0.2, -0.15) is 0 Å². The number of aliphatic hydroxyl groups is 2. The number of hydrogen-bond donors (Lipinski definition) is 2. The van der Waals surface area contributed by atoms with Crippen molar-refractivity contribution in [1.82, 2.24) is 9.97 Å². The van der Waals surface area contributed by atoms with Crippen molar-refractivity contribution in [2.24, 2.45) is 11.8 Å². The van der Waals surface area contributed by atoms with Crippen molar-refractivity contribution in [2.45, 2.75) is 76.1 Å². The Morgan fingerprint density at radius 1 is 0.606 bits per heavy atom. The van der Waals surface area contributed by atoms with Crippen LogP contribution in [0.1, 0.15) is 97.0 Å². The zero-order valence-corrected chi connectivity index (χ0v) is 40.9. The maximum atomic E-state index is 13.0. The second kappa shape index (κ2) is 19.6. The minimum Gasteiger partial charge on any atom is -0.493 e. The van der Waals surface area contributed by atoms with Gasteiger partial charge >= 0.3 is 0 Å². The van der Waals surface area contributed by atoms with Gasteiger partial charge in [-0.3, -0.25) is 9.59 Å². The van der Waals surface area contributed by atoms with E-state index in [0.717, 1.165) is 22.5 Å². The molecule has 16 heteroatoms.